The summed E-state index contributed by atoms with van der Waals surface area (Å²) in [5.74, 6) is 0.0692. The number of halogens is 1. The molecule has 0 fully saturated rings. The minimum absolute atomic E-state index is 0.149. The molecule has 2 aromatic rings. The number of hydrogen-bond donors (Lipinski definition) is 1. The van der Waals surface area contributed by atoms with Gasteiger partial charge in [0.2, 0.25) is 0 Å². The molecule has 0 aliphatic heterocycles. The van der Waals surface area contributed by atoms with E-state index < -0.39 is 0 Å². The van der Waals surface area contributed by atoms with Crippen LogP contribution < -0.4 is 5.73 Å². The fraction of sp³-hybridized carbons (Fsp3) is 0.222. The van der Waals surface area contributed by atoms with Crippen LogP contribution in [0, 0.1) is 5.82 Å². The lowest BCUT2D eigenvalue weighted by Gasteiger charge is -2.20. The Morgan fingerprint density at radius 3 is 2.60 bits per heavy atom. The summed E-state index contributed by atoms with van der Waals surface area (Å²) in [5, 5.41) is 0. The highest BCUT2D eigenvalue weighted by molar-refractivity contribution is 5.76. The molecule has 1 unspecified atom stereocenters. The smallest absolute Gasteiger partial charge is 0.130 e. The molecule has 1 nitrogen and oxygen atoms in total. The quantitative estimate of drug-likeness (QED) is 0.887. The van der Waals surface area contributed by atoms with Gasteiger partial charge in [-0.25, -0.2) is 4.39 Å². The van der Waals surface area contributed by atoms with Crippen molar-refractivity contribution in [1.82, 2.24) is 0 Å². The first-order valence-electron chi connectivity index (χ1n) is 7.06. The highest BCUT2D eigenvalue weighted by Crippen LogP contribution is 2.37. The fourth-order valence-corrected chi connectivity index (χ4v) is 2.99. The maximum Gasteiger partial charge on any atom is 0.130 e. The van der Waals surface area contributed by atoms with Crippen molar-refractivity contribution in [3.05, 3.63) is 70.5 Å². The summed E-state index contributed by atoms with van der Waals surface area (Å²) in [6.45, 7) is 0.663. The van der Waals surface area contributed by atoms with E-state index in [9.17, 15) is 4.39 Å². The van der Waals surface area contributed by atoms with E-state index >= 15 is 0 Å². The zero-order chi connectivity index (χ0) is 13.9. The molecular weight excluding hydrogens is 249 g/mol. The van der Waals surface area contributed by atoms with Crippen LogP contribution in [0.1, 0.15) is 41.0 Å². The lowest BCUT2D eigenvalue weighted by atomic mass is 9.84. The Hall–Kier alpha value is -1.93. The Labute approximate surface area is 118 Å². The van der Waals surface area contributed by atoms with Crippen LogP contribution >= 0.6 is 0 Å². The van der Waals surface area contributed by atoms with Crippen LogP contribution in [0.4, 0.5) is 4.39 Å². The molecule has 102 valence electrons. The molecule has 20 heavy (non-hydrogen) atoms. The van der Waals surface area contributed by atoms with Gasteiger partial charge in [0.25, 0.3) is 0 Å². The van der Waals surface area contributed by atoms with Gasteiger partial charge in [0.1, 0.15) is 5.82 Å². The first-order chi connectivity index (χ1) is 9.81. The highest BCUT2D eigenvalue weighted by Gasteiger charge is 2.22. The second kappa shape index (κ2) is 5.59. The van der Waals surface area contributed by atoms with Crippen LogP contribution in [0.2, 0.25) is 0 Å². The Bertz CT molecular complexity index is 646. The number of rotatable bonds is 3. The molecule has 0 heterocycles. The van der Waals surface area contributed by atoms with E-state index in [1.54, 1.807) is 6.07 Å². The number of benzene rings is 2. The van der Waals surface area contributed by atoms with Crippen LogP contribution in [0.5, 0.6) is 0 Å². The van der Waals surface area contributed by atoms with Gasteiger partial charge in [-0.3, -0.25) is 0 Å². The minimum atomic E-state index is -0.149. The van der Waals surface area contributed by atoms with E-state index in [2.05, 4.69) is 12.1 Å². The van der Waals surface area contributed by atoms with E-state index in [0.717, 1.165) is 18.4 Å². The molecule has 0 saturated heterocycles. The highest BCUT2D eigenvalue weighted by atomic mass is 19.1. The van der Waals surface area contributed by atoms with Crippen molar-refractivity contribution in [2.45, 2.75) is 18.8 Å². The van der Waals surface area contributed by atoms with E-state index in [-0.39, 0.29) is 11.7 Å². The molecule has 2 N–H and O–H groups in total. The molecule has 0 aromatic heterocycles. The molecule has 1 atom stereocenters. The maximum atomic E-state index is 14.1. The van der Waals surface area contributed by atoms with Crippen molar-refractivity contribution < 1.29 is 4.39 Å². The minimum Gasteiger partial charge on any atom is -0.330 e. The molecular formula is C18H18FN. The van der Waals surface area contributed by atoms with Crippen LogP contribution in [0.15, 0.2) is 42.5 Å². The monoisotopic (exact) mass is 267 g/mol. The summed E-state index contributed by atoms with van der Waals surface area (Å²) in [4.78, 5) is 0. The summed E-state index contributed by atoms with van der Waals surface area (Å²) in [7, 11) is 0. The third kappa shape index (κ3) is 2.27. The van der Waals surface area contributed by atoms with Crippen molar-refractivity contribution in [3.8, 4) is 0 Å². The molecule has 1 aliphatic carbocycles. The topological polar surface area (TPSA) is 26.0 Å². The third-order valence-electron chi connectivity index (χ3n) is 3.96. The van der Waals surface area contributed by atoms with Crippen molar-refractivity contribution in [3.63, 3.8) is 0 Å². The molecule has 0 saturated carbocycles. The van der Waals surface area contributed by atoms with E-state index in [1.807, 2.05) is 30.4 Å². The number of nitrogens with two attached hydrogens (primary N) is 1. The standard InChI is InChI=1S/C18H18FN/c19-18-9-3-7-16-15(8-4-12-20)14-6-2-1-5-13(14)10-11-17(16)18/h1-3,5-7,9-11,15H,4,8,12,20H2. The average molecular weight is 267 g/mol. The first-order valence-corrected chi connectivity index (χ1v) is 7.06. The van der Waals surface area contributed by atoms with Crippen LogP contribution in [0.25, 0.3) is 12.2 Å². The van der Waals surface area contributed by atoms with Crippen LogP contribution in [0.3, 0.4) is 0 Å². The van der Waals surface area contributed by atoms with Crippen molar-refractivity contribution in [1.29, 1.82) is 0 Å². The summed E-state index contributed by atoms with van der Waals surface area (Å²) in [6.07, 6.45) is 5.80. The molecule has 2 aromatic carbocycles. The van der Waals surface area contributed by atoms with Crippen molar-refractivity contribution in [2.24, 2.45) is 5.73 Å². The Kier molecular flexibility index (Phi) is 3.66. The zero-order valence-corrected chi connectivity index (χ0v) is 11.4. The average Bonchev–Trinajstić information content (AvgIpc) is 2.63. The summed E-state index contributed by atoms with van der Waals surface area (Å²) >= 11 is 0. The number of hydrogen-bond acceptors (Lipinski definition) is 1. The van der Waals surface area contributed by atoms with E-state index in [0.29, 0.717) is 12.1 Å². The molecule has 0 radical (unpaired) electrons. The van der Waals surface area contributed by atoms with Gasteiger partial charge in [-0.05, 0) is 42.1 Å². The molecule has 3 rings (SSSR count). The molecule has 2 heteroatoms. The maximum absolute atomic E-state index is 14.1. The third-order valence-corrected chi connectivity index (χ3v) is 3.96. The molecule has 0 amide bonds. The van der Waals surface area contributed by atoms with E-state index in [1.165, 1.54) is 17.2 Å². The van der Waals surface area contributed by atoms with Gasteiger partial charge in [-0.2, -0.15) is 0 Å². The predicted octanol–water partition coefficient (Wildman–Crippen LogP) is 4.18. The summed E-state index contributed by atoms with van der Waals surface area (Å²) in [6, 6.07) is 13.7. The fourth-order valence-electron chi connectivity index (χ4n) is 2.99. The van der Waals surface area contributed by atoms with Gasteiger partial charge in [0, 0.05) is 11.5 Å². The largest absolute Gasteiger partial charge is 0.330 e. The molecule has 1 aliphatic rings. The van der Waals surface area contributed by atoms with E-state index in [4.69, 9.17) is 5.73 Å². The van der Waals surface area contributed by atoms with Crippen LogP contribution in [-0.4, -0.2) is 6.54 Å². The zero-order valence-electron chi connectivity index (χ0n) is 11.4. The van der Waals surface area contributed by atoms with Gasteiger partial charge < -0.3 is 5.73 Å². The van der Waals surface area contributed by atoms with Gasteiger partial charge >= 0.3 is 0 Å². The summed E-state index contributed by atoms with van der Waals surface area (Å²) in [5.41, 5.74) is 9.88. The Morgan fingerprint density at radius 2 is 1.75 bits per heavy atom. The van der Waals surface area contributed by atoms with Gasteiger partial charge in [0.05, 0.1) is 0 Å². The Balaban J connectivity index is 2.17. The van der Waals surface area contributed by atoms with Gasteiger partial charge in [-0.1, -0.05) is 48.6 Å². The Morgan fingerprint density at radius 1 is 0.950 bits per heavy atom. The molecule has 0 spiro atoms. The van der Waals surface area contributed by atoms with Gasteiger partial charge in [-0.15, -0.1) is 0 Å². The number of fused-ring (bicyclic) bond motifs is 2. The second-order valence-corrected chi connectivity index (χ2v) is 5.19. The second-order valence-electron chi connectivity index (χ2n) is 5.19. The predicted molar refractivity (Wildman–Crippen MR) is 81.9 cm³/mol. The van der Waals surface area contributed by atoms with Crippen LogP contribution in [-0.2, 0) is 0 Å². The summed E-state index contributed by atoms with van der Waals surface area (Å²) < 4.78 is 14.1. The van der Waals surface area contributed by atoms with Crippen molar-refractivity contribution >= 4 is 12.2 Å². The molecule has 0 bridgehead atoms. The lowest BCUT2D eigenvalue weighted by Crippen LogP contribution is -2.08. The SMILES string of the molecule is NCCCC1c2ccccc2C=Cc2c(F)cccc21. The normalized spacial score (nSPS) is 16.4. The lowest BCUT2D eigenvalue weighted by molar-refractivity contribution is 0.613. The van der Waals surface area contributed by atoms with Crippen molar-refractivity contribution in [2.75, 3.05) is 6.54 Å². The van der Waals surface area contributed by atoms with Gasteiger partial charge in [0.15, 0.2) is 0 Å². The first kappa shape index (κ1) is 13.1.